The van der Waals surface area contributed by atoms with Crippen LogP contribution in [0.5, 0.6) is 0 Å². The van der Waals surface area contributed by atoms with Crippen molar-refractivity contribution in [1.29, 1.82) is 0 Å². The van der Waals surface area contributed by atoms with Gasteiger partial charge in [-0.25, -0.2) is 4.79 Å². The molecular formula is C13H25NO3. The van der Waals surface area contributed by atoms with Crippen molar-refractivity contribution in [3.05, 3.63) is 0 Å². The lowest BCUT2D eigenvalue weighted by Crippen LogP contribution is -2.49. The second-order valence-corrected chi connectivity index (χ2v) is 6.84. The third-order valence-corrected chi connectivity index (χ3v) is 2.88. The summed E-state index contributed by atoms with van der Waals surface area (Å²) in [5.41, 5.74) is -0.639. The standard InChI is InChI=1S/C13H25NO3/c1-12(2,3)10-9(15)7-8-14(10)11(16)17-13(4,5)6/h9-10,15H,7-8H2,1-6H3/t9-,10+/m1/s1. The third kappa shape index (κ3) is 3.60. The second kappa shape index (κ2) is 4.48. The molecule has 1 saturated heterocycles. The molecule has 1 aliphatic rings. The molecule has 0 saturated carbocycles. The molecule has 0 unspecified atom stereocenters. The summed E-state index contributed by atoms with van der Waals surface area (Å²) in [7, 11) is 0. The van der Waals surface area contributed by atoms with E-state index in [4.69, 9.17) is 4.74 Å². The first-order chi connectivity index (χ1) is 7.52. The molecule has 4 nitrogen and oxygen atoms in total. The zero-order chi connectivity index (χ0) is 13.4. The Hall–Kier alpha value is -0.770. The molecule has 0 aromatic heterocycles. The molecule has 0 bridgehead atoms. The van der Waals surface area contributed by atoms with Crippen LogP contribution in [0.25, 0.3) is 0 Å². The van der Waals surface area contributed by atoms with Crippen molar-refractivity contribution in [2.24, 2.45) is 5.41 Å². The average Bonchev–Trinajstić information content (AvgIpc) is 2.42. The Morgan fingerprint density at radius 3 is 2.18 bits per heavy atom. The minimum absolute atomic E-state index is 0.146. The highest BCUT2D eigenvalue weighted by Gasteiger charge is 2.44. The molecule has 1 aliphatic heterocycles. The fraction of sp³-hybridized carbons (Fsp3) is 0.923. The lowest BCUT2D eigenvalue weighted by Gasteiger charge is -2.37. The predicted molar refractivity (Wildman–Crippen MR) is 66.8 cm³/mol. The van der Waals surface area contributed by atoms with Gasteiger partial charge in [0.15, 0.2) is 0 Å². The smallest absolute Gasteiger partial charge is 0.410 e. The van der Waals surface area contributed by atoms with Crippen LogP contribution >= 0.6 is 0 Å². The minimum Gasteiger partial charge on any atom is -0.444 e. The summed E-state index contributed by atoms with van der Waals surface area (Å²) in [5.74, 6) is 0. The van der Waals surface area contributed by atoms with Crippen molar-refractivity contribution >= 4 is 6.09 Å². The van der Waals surface area contributed by atoms with E-state index in [9.17, 15) is 9.90 Å². The summed E-state index contributed by atoms with van der Waals surface area (Å²) in [4.78, 5) is 13.7. The lowest BCUT2D eigenvalue weighted by molar-refractivity contribution is -0.00381. The van der Waals surface area contributed by atoms with Gasteiger partial charge >= 0.3 is 6.09 Å². The molecule has 1 N–H and O–H groups in total. The second-order valence-electron chi connectivity index (χ2n) is 6.84. The molecule has 17 heavy (non-hydrogen) atoms. The van der Waals surface area contributed by atoms with E-state index < -0.39 is 11.7 Å². The molecule has 100 valence electrons. The molecule has 0 radical (unpaired) electrons. The van der Waals surface area contributed by atoms with Gasteiger partial charge in [0.2, 0.25) is 0 Å². The summed E-state index contributed by atoms with van der Waals surface area (Å²) in [6, 6.07) is -0.169. The number of ether oxygens (including phenoxy) is 1. The van der Waals surface area contributed by atoms with E-state index in [0.717, 1.165) is 0 Å². The van der Waals surface area contributed by atoms with Crippen LogP contribution in [0.3, 0.4) is 0 Å². The maximum absolute atomic E-state index is 12.1. The van der Waals surface area contributed by atoms with Crippen molar-refractivity contribution in [2.45, 2.75) is 65.7 Å². The largest absolute Gasteiger partial charge is 0.444 e. The van der Waals surface area contributed by atoms with E-state index in [-0.39, 0.29) is 17.6 Å². The zero-order valence-electron chi connectivity index (χ0n) is 11.8. The van der Waals surface area contributed by atoms with Gasteiger partial charge in [-0.05, 0) is 32.6 Å². The quantitative estimate of drug-likeness (QED) is 0.710. The summed E-state index contributed by atoms with van der Waals surface area (Å²) < 4.78 is 5.37. The van der Waals surface area contributed by atoms with Crippen LogP contribution in [0, 0.1) is 5.41 Å². The van der Waals surface area contributed by atoms with Gasteiger partial charge in [0.05, 0.1) is 12.1 Å². The van der Waals surface area contributed by atoms with Crippen molar-refractivity contribution in [3.63, 3.8) is 0 Å². The Kier molecular flexibility index (Phi) is 3.77. The minimum atomic E-state index is -0.493. The molecule has 0 aromatic rings. The van der Waals surface area contributed by atoms with E-state index >= 15 is 0 Å². The van der Waals surface area contributed by atoms with E-state index in [1.54, 1.807) is 4.90 Å². The van der Waals surface area contributed by atoms with Gasteiger partial charge in [0, 0.05) is 6.54 Å². The Bertz CT molecular complexity index is 288. The van der Waals surface area contributed by atoms with Crippen LogP contribution in [0.1, 0.15) is 48.0 Å². The zero-order valence-corrected chi connectivity index (χ0v) is 11.8. The molecule has 1 fully saturated rings. The topological polar surface area (TPSA) is 49.8 Å². The van der Waals surface area contributed by atoms with Gasteiger partial charge in [0.25, 0.3) is 0 Å². The highest BCUT2D eigenvalue weighted by molar-refractivity contribution is 5.69. The summed E-state index contributed by atoms with van der Waals surface area (Å²) in [5, 5.41) is 9.99. The number of aliphatic hydroxyl groups is 1. The number of nitrogens with zero attached hydrogens (tertiary/aromatic N) is 1. The summed E-state index contributed by atoms with van der Waals surface area (Å²) >= 11 is 0. The molecule has 1 rings (SSSR count). The first-order valence-corrected chi connectivity index (χ1v) is 6.20. The molecule has 0 spiro atoms. The summed E-state index contributed by atoms with van der Waals surface area (Å²) in [6.07, 6.45) is -0.155. The van der Waals surface area contributed by atoms with Gasteiger partial charge in [0.1, 0.15) is 5.60 Å². The van der Waals surface area contributed by atoms with E-state index in [2.05, 4.69) is 0 Å². The Morgan fingerprint density at radius 1 is 1.24 bits per heavy atom. The maximum atomic E-state index is 12.1. The molecule has 2 atom stereocenters. The van der Waals surface area contributed by atoms with Crippen LogP contribution in [0.4, 0.5) is 4.79 Å². The highest BCUT2D eigenvalue weighted by atomic mass is 16.6. The SMILES string of the molecule is CC(C)(C)OC(=O)N1CC[C@@H](O)[C@H]1C(C)(C)C. The Balaban J connectivity index is 2.80. The maximum Gasteiger partial charge on any atom is 0.410 e. The molecule has 1 amide bonds. The van der Waals surface area contributed by atoms with Crippen molar-refractivity contribution in [1.82, 2.24) is 4.90 Å². The van der Waals surface area contributed by atoms with Crippen molar-refractivity contribution < 1.29 is 14.6 Å². The number of rotatable bonds is 0. The third-order valence-electron chi connectivity index (χ3n) is 2.88. The normalized spacial score (nSPS) is 26.2. The molecular weight excluding hydrogens is 218 g/mol. The Labute approximate surface area is 104 Å². The number of aliphatic hydroxyl groups excluding tert-OH is 1. The van der Waals surface area contributed by atoms with Gasteiger partial charge in [-0.15, -0.1) is 0 Å². The Morgan fingerprint density at radius 2 is 1.76 bits per heavy atom. The van der Waals surface area contributed by atoms with Crippen molar-refractivity contribution in [3.8, 4) is 0 Å². The molecule has 1 heterocycles. The number of likely N-dealkylation sites (tertiary alicyclic amines) is 1. The first kappa shape index (κ1) is 14.3. The molecule has 4 heteroatoms. The number of carbonyl (C=O) groups excluding carboxylic acids is 1. The van der Waals surface area contributed by atoms with Crippen LogP contribution in [-0.4, -0.2) is 40.4 Å². The van der Waals surface area contributed by atoms with Crippen LogP contribution in [-0.2, 0) is 4.74 Å². The predicted octanol–water partition coefficient (Wildman–Crippen LogP) is 2.40. The van der Waals surface area contributed by atoms with Crippen molar-refractivity contribution in [2.75, 3.05) is 6.54 Å². The number of hydrogen-bond acceptors (Lipinski definition) is 3. The van der Waals surface area contributed by atoms with Gasteiger partial charge < -0.3 is 14.7 Å². The monoisotopic (exact) mass is 243 g/mol. The number of amides is 1. The van der Waals surface area contributed by atoms with Crippen LogP contribution in [0.15, 0.2) is 0 Å². The van der Waals surface area contributed by atoms with Gasteiger partial charge in [-0.1, -0.05) is 20.8 Å². The van der Waals surface area contributed by atoms with Crippen LogP contribution < -0.4 is 0 Å². The lowest BCUT2D eigenvalue weighted by atomic mass is 9.84. The highest BCUT2D eigenvalue weighted by Crippen LogP contribution is 2.33. The molecule has 0 aliphatic carbocycles. The average molecular weight is 243 g/mol. The molecule has 0 aromatic carbocycles. The van der Waals surface area contributed by atoms with E-state index in [0.29, 0.717) is 13.0 Å². The fourth-order valence-corrected chi connectivity index (χ4v) is 2.35. The van der Waals surface area contributed by atoms with Crippen LogP contribution in [0.2, 0.25) is 0 Å². The fourth-order valence-electron chi connectivity index (χ4n) is 2.35. The number of carbonyl (C=O) groups is 1. The van der Waals surface area contributed by atoms with Gasteiger partial charge in [-0.3, -0.25) is 0 Å². The van der Waals surface area contributed by atoms with E-state index in [1.807, 2.05) is 41.5 Å². The number of hydrogen-bond donors (Lipinski definition) is 1. The first-order valence-electron chi connectivity index (χ1n) is 6.20. The summed E-state index contributed by atoms with van der Waals surface area (Å²) in [6.45, 7) is 12.2. The van der Waals surface area contributed by atoms with E-state index in [1.165, 1.54) is 0 Å². The van der Waals surface area contributed by atoms with Gasteiger partial charge in [-0.2, -0.15) is 0 Å².